The van der Waals surface area contributed by atoms with Crippen molar-refractivity contribution in [2.75, 3.05) is 51.1 Å². The standard InChI is InChI=1S/C27H35N7O7/c28-25-23-24(18-5-6-21-20(16-18)32-27(29)41-21)33-34(26(23)31-17-30-25)9-3-1-2-4-19(35)7-10-38-12-14-40-15-13-39-11-8-22(36)37/h5-6,16-17H,1-4,7-15H2,(H2,29,32)(H,36,37)(H2,28,30,31). The number of carboxylic acids is 1. The molecule has 3 heterocycles. The first-order chi connectivity index (χ1) is 19.9. The Morgan fingerprint density at radius 2 is 1.63 bits per heavy atom. The van der Waals surface area contributed by atoms with Gasteiger partial charge in [0.15, 0.2) is 11.2 Å². The molecule has 41 heavy (non-hydrogen) atoms. The molecule has 5 N–H and O–H groups in total. The molecule has 14 nitrogen and oxygen atoms in total. The van der Waals surface area contributed by atoms with E-state index in [1.807, 2.05) is 16.8 Å². The van der Waals surface area contributed by atoms with E-state index in [9.17, 15) is 9.59 Å². The number of nitrogens with zero attached hydrogens (tertiary/aromatic N) is 5. The normalized spacial score (nSPS) is 11.5. The van der Waals surface area contributed by atoms with Gasteiger partial charge in [-0.05, 0) is 31.0 Å². The number of benzene rings is 1. The molecule has 0 fully saturated rings. The van der Waals surface area contributed by atoms with E-state index in [2.05, 4.69) is 15.0 Å². The molecule has 1 aromatic carbocycles. The average molecular weight is 570 g/mol. The molecular weight excluding hydrogens is 534 g/mol. The Balaban J connectivity index is 1.15. The summed E-state index contributed by atoms with van der Waals surface area (Å²) < 4.78 is 23.1. The highest BCUT2D eigenvalue weighted by atomic mass is 16.5. The monoisotopic (exact) mass is 569 g/mol. The number of hydrogen-bond donors (Lipinski definition) is 3. The number of anilines is 2. The van der Waals surface area contributed by atoms with Crippen LogP contribution in [0.25, 0.3) is 33.4 Å². The predicted octanol–water partition coefficient (Wildman–Crippen LogP) is 2.84. The average Bonchev–Trinajstić information content (AvgIpc) is 3.51. The molecule has 3 aromatic heterocycles. The van der Waals surface area contributed by atoms with Crippen LogP contribution in [0.15, 0.2) is 28.9 Å². The largest absolute Gasteiger partial charge is 0.481 e. The third-order valence-corrected chi connectivity index (χ3v) is 6.29. The van der Waals surface area contributed by atoms with Crippen LogP contribution in [0, 0.1) is 0 Å². The zero-order chi connectivity index (χ0) is 29.0. The lowest BCUT2D eigenvalue weighted by molar-refractivity contribution is -0.138. The predicted molar refractivity (Wildman–Crippen MR) is 150 cm³/mol. The van der Waals surface area contributed by atoms with Crippen LogP contribution in [0.2, 0.25) is 0 Å². The van der Waals surface area contributed by atoms with Crippen molar-refractivity contribution < 1.29 is 33.3 Å². The number of oxazole rings is 1. The first-order valence-corrected chi connectivity index (χ1v) is 13.5. The number of aromatic nitrogens is 5. The molecule has 0 atom stereocenters. The SMILES string of the molecule is Nc1nc2cc(-c3nn(CCCCCC(=O)CCOCCOCCOCCC(=O)O)c4ncnc(N)c34)ccc2o1. The Hall–Kier alpha value is -4.14. The van der Waals surface area contributed by atoms with Crippen molar-refractivity contribution >= 4 is 45.7 Å². The Morgan fingerprint density at radius 3 is 2.39 bits per heavy atom. The second kappa shape index (κ2) is 15.0. The summed E-state index contributed by atoms with van der Waals surface area (Å²) in [6.45, 7) is 2.62. The number of carboxylic acid groups (broad SMARTS) is 1. The molecule has 0 radical (unpaired) electrons. The van der Waals surface area contributed by atoms with E-state index >= 15 is 0 Å². The van der Waals surface area contributed by atoms with Gasteiger partial charge in [-0.3, -0.25) is 9.59 Å². The highest BCUT2D eigenvalue weighted by Crippen LogP contribution is 2.32. The van der Waals surface area contributed by atoms with Crippen LogP contribution in [0.1, 0.15) is 38.5 Å². The van der Waals surface area contributed by atoms with Crippen molar-refractivity contribution in [2.24, 2.45) is 0 Å². The molecule has 4 aromatic rings. The molecule has 0 aliphatic carbocycles. The van der Waals surface area contributed by atoms with Gasteiger partial charge in [0, 0.05) is 24.9 Å². The first kappa shape index (κ1) is 29.8. The zero-order valence-corrected chi connectivity index (χ0v) is 22.8. The molecule has 0 aliphatic heterocycles. The molecular formula is C27H35N7O7. The van der Waals surface area contributed by atoms with Crippen molar-refractivity contribution in [1.82, 2.24) is 24.7 Å². The number of ether oxygens (including phenoxy) is 3. The van der Waals surface area contributed by atoms with Gasteiger partial charge in [-0.15, -0.1) is 0 Å². The van der Waals surface area contributed by atoms with E-state index in [0.29, 0.717) is 86.1 Å². The van der Waals surface area contributed by atoms with E-state index in [4.69, 9.17) is 40.3 Å². The van der Waals surface area contributed by atoms with Crippen LogP contribution >= 0.6 is 0 Å². The fourth-order valence-electron chi connectivity index (χ4n) is 4.25. The van der Waals surface area contributed by atoms with Gasteiger partial charge >= 0.3 is 5.97 Å². The molecule has 0 amide bonds. The molecule has 0 saturated carbocycles. The van der Waals surface area contributed by atoms with Gasteiger partial charge in [0.05, 0.1) is 51.4 Å². The van der Waals surface area contributed by atoms with Crippen LogP contribution in [0.4, 0.5) is 11.8 Å². The van der Waals surface area contributed by atoms with Crippen LogP contribution in [0.3, 0.4) is 0 Å². The van der Waals surface area contributed by atoms with Gasteiger partial charge in [0.1, 0.15) is 29.1 Å². The quantitative estimate of drug-likeness (QED) is 0.139. The topological polar surface area (TPSA) is 204 Å². The summed E-state index contributed by atoms with van der Waals surface area (Å²) in [6.07, 6.45) is 4.71. The summed E-state index contributed by atoms with van der Waals surface area (Å²) in [5, 5.41) is 14.0. The minimum absolute atomic E-state index is 0.0232. The molecule has 0 aliphatic rings. The molecule has 220 valence electrons. The van der Waals surface area contributed by atoms with Crippen molar-refractivity contribution in [3.63, 3.8) is 0 Å². The van der Waals surface area contributed by atoms with Crippen molar-refractivity contribution in [2.45, 2.75) is 45.1 Å². The zero-order valence-electron chi connectivity index (χ0n) is 22.8. The first-order valence-electron chi connectivity index (χ1n) is 13.5. The number of hydrogen-bond acceptors (Lipinski definition) is 12. The molecule has 0 unspecified atom stereocenters. The summed E-state index contributed by atoms with van der Waals surface area (Å²) in [6, 6.07) is 5.61. The van der Waals surface area contributed by atoms with Gasteiger partial charge in [-0.25, -0.2) is 14.6 Å². The third kappa shape index (κ3) is 8.67. The second-order valence-electron chi connectivity index (χ2n) is 9.34. The molecule has 14 heteroatoms. The molecule has 0 bridgehead atoms. The highest BCUT2D eigenvalue weighted by Gasteiger charge is 2.18. The lowest BCUT2D eigenvalue weighted by atomic mass is 10.1. The van der Waals surface area contributed by atoms with Crippen molar-refractivity contribution in [1.29, 1.82) is 0 Å². The van der Waals surface area contributed by atoms with E-state index in [1.54, 1.807) is 6.07 Å². The van der Waals surface area contributed by atoms with E-state index in [0.717, 1.165) is 24.8 Å². The Kier molecular flexibility index (Phi) is 10.9. The number of carbonyl (C=O) groups is 2. The van der Waals surface area contributed by atoms with Crippen LogP contribution in [-0.2, 0) is 30.3 Å². The fraction of sp³-hybridized carbons (Fsp3) is 0.481. The maximum absolute atomic E-state index is 12.2. The summed E-state index contributed by atoms with van der Waals surface area (Å²) >= 11 is 0. The summed E-state index contributed by atoms with van der Waals surface area (Å²) in [4.78, 5) is 35.3. The Bertz CT molecular complexity index is 1450. The van der Waals surface area contributed by atoms with E-state index in [-0.39, 0.29) is 24.8 Å². The number of Topliss-reactive ketones (excluding diaryl/α,β-unsaturated/α-hetero) is 1. The van der Waals surface area contributed by atoms with Gasteiger partial charge in [-0.1, -0.05) is 6.42 Å². The van der Waals surface area contributed by atoms with Gasteiger partial charge in [0.25, 0.3) is 6.01 Å². The number of carbonyl (C=O) groups excluding carboxylic acids is 1. The number of fused-ring (bicyclic) bond motifs is 2. The third-order valence-electron chi connectivity index (χ3n) is 6.29. The highest BCUT2D eigenvalue weighted by molar-refractivity contribution is 5.99. The minimum Gasteiger partial charge on any atom is -0.481 e. The minimum atomic E-state index is -0.890. The lowest BCUT2D eigenvalue weighted by Crippen LogP contribution is -2.12. The van der Waals surface area contributed by atoms with Crippen molar-refractivity contribution in [3.8, 4) is 11.3 Å². The summed E-state index contributed by atoms with van der Waals surface area (Å²) in [5.74, 6) is -0.384. The maximum Gasteiger partial charge on any atom is 0.305 e. The fourth-order valence-corrected chi connectivity index (χ4v) is 4.25. The van der Waals surface area contributed by atoms with Gasteiger partial charge in [0.2, 0.25) is 0 Å². The van der Waals surface area contributed by atoms with Crippen LogP contribution in [0.5, 0.6) is 0 Å². The van der Waals surface area contributed by atoms with E-state index in [1.165, 1.54) is 6.33 Å². The molecule has 0 saturated heterocycles. The smallest absolute Gasteiger partial charge is 0.305 e. The number of rotatable bonds is 19. The maximum atomic E-state index is 12.2. The molecule has 0 spiro atoms. The number of nitrogens with two attached hydrogens (primary N) is 2. The number of aliphatic carboxylic acids is 1. The molecule has 4 rings (SSSR count). The number of ketones is 1. The van der Waals surface area contributed by atoms with Gasteiger partial charge < -0.3 is 35.2 Å². The van der Waals surface area contributed by atoms with Crippen molar-refractivity contribution in [3.05, 3.63) is 24.5 Å². The van der Waals surface area contributed by atoms with Gasteiger partial charge in [-0.2, -0.15) is 10.1 Å². The number of nitrogen functional groups attached to an aromatic ring is 2. The lowest BCUT2D eigenvalue weighted by Gasteiger charge is -2.06. The van der Waals surface area contributed by atoms with E-state index < -0.39 is 5.97 Å². The number of aryl methyl sites for hydroxylation is 1. The summed E-state index contributed by atoms with van der Waals surface area (Å²) in [7, 11) is 0. The number of unbranched alkanes of at least 4 members (excludes halogenated alkanes) is 2. The Labute approximate surface area is 236 Å². The summed E-state index contributed by atoms with van der Waals surface area (Å²) in [5.41, 5.74) is 15.2. The Morgan fingerprint density at radius 1 is 0.902 bits per heavy atom. The second-order valence-corrected chi connectivity index (χ2v) is 9.34. The van der Waals surface area contributed by atoms with Crippen LogP contribution < -0.4 is 11.5 Å². The van der Waals surface area contributed by atoms with Crippen LogP contribution in [-0.4, -0.2) is 81.2 Å².